The molecule has 72 valence electrons. The van der Waals surface area contributed by atoms with Gasteiger partial charge in [0.15, 0.2) is 0 Å². The number of aliphatic carboxylic acids is 1. The van der Waals surface area contributed by atoms with Crippen molar-refractivity contribution in [2.45, 2.75) is 6.10 Å². The monoisotopic (exact) mass is 198 g/mol. The number of carboxylic acids is 1. The molecule has 0 radical (unpaired) electrons. The number of hydrogen-bond donors (Lipinski definition) is 2. The topological polar surface area (TPSA) is 76.0 Å². The second-order valence-electron chi connectivity index (χ2n) is 2.04. The highest BCUT2D eigenvalue weighted by molar-refractivity contribution is 6.26. The summed E-state index contributed by atoms with van der Waals surface area (Å²) in [7, 11) is 0. The summed E-state index contributed by atoms with van der Waals surface area (Å²) >= 11 is 4.74. The molecule has 0 saturated carbocycles. The average Bonchev–Trinajstić information content (AvgIpc) is 2.07. The summed E-state index contributed by atoms with van der Waals surface area (Å²) in [5.74, 6) is -1.29. The molecule has 1 rings (SSSR count). The Morgan fingerprint density at radius 2 is 1.92 bits per heavy atom. The summed E-state index contributed by atoms with van der Waals surface area (Å²) in [6.07, 6.45) is -0.409. The van der Waals surface area contributed by atoms with Gasteiger partial charge in [0.25, 0.3) is 0 Å². The molecule has 0 aromatic rings. The molecule has 1 aliphatic rings. The molecule has 2 N–H and O–H groups in total. The van der Waals surface area contributed by atoms with Crippen molar-refractivity contribution in [3.05, 3.63) is 0 Å². The Hall–Kier alpha value is -0.360. The van der Waals surface area contributed by atoms with E-state index in [1.54, 1.807) is 0 Å². The second kappa shape index (κ2) is 7.30. The number of ether oxygens (including phenoxy) is 2. The van der Waals surface area contributed by atoms with E-state index >= 15 is 0 Å². The summed E-state index contributed by atoms with van der Waals surface area (Å²) < 4.78 is 9.42. The number of aliphatic hydroxyl groups excluding tert-OH is 1. The summed E-state index contributed by atoms with van der Waals surface area (Å²) in [6, 6.07) is 0. The summed E-state index contributed by atoms with van der Waals surface area (Å²) in [5.41, 5.74) is 0. The first-order chi connectivity index (χ1) is 5.66. The van der Waals surface area contributed by atoms with Crippen molar-refractivity contribution in [3.8, 4) is 0 Å². The smallest absolute Gasteiger partial charge is 0.318 e. The third-order valence-electron chi connectivity index (χ3n) is 0.901. The van der Waals surface area contributed by atoms with Gasteiger partial charge in [-0.15, -0.1) is 11.6 Å². The van der Waals surface area contributed by atoms with Gasteiger partial charge in [0.2, 0.25) is 0 Å². The summed E-state index contributed by atoms with van der Waals surface area (Å²) in [5, 5.41) is 16.2. The molecule has 1 aliphatic heterocycles. The van der Waals surface area contributed by atoms with E-state index in [1.165, 1.54) is 0 Å². The maximum absolute atomic E-state index is 9.24. The molecular weight excluding hydrogens is 188 g/mol. The Kier molecular flexibility index (Phi) is 7.08. The molecule has 0 unspecified atom stereocenters. The minimum Gasteiger partial charge on any atom is -0.480 e. The molecule has 12 heavy (non-hydrogen) atoms. The van der Waals surface area contributed by atoms with Crippen molar-refractivity contribution >= 4 is 17.6 Å². The van der Waals surface area contributed by atoms with Crippen LogP contribution in [0.1, 0.15) is 0 Å². The van der Waals surface area contributed by atoms with Gasteiger partial charge < -0.3 is 19.7 Å². The van der Waals surface area contributed by atoms with Crippen LogP contribution in [0.3, 0.4) is 0 Å². The lowest BCUT2D eigenvalue weighted by atomic mass is 10.4. The highest BCUT2D eigenvalue weighted by Gasteiger charge is 2.08. The number of halogens is 1. The molecule has 6 heteroatoms. The van der Waals surface area contributed by atoms with E-state index in [1.807, 2.05) is 0 Å². The van der Waals surface area contributed by atoms with Crippen LogP contribution >= 0.6 is 11.6 Å². The van der Waals surface area contributed by atoms with Gasteiger partial charge in [-0.05, 0) is 0 Å². The van der Waals surface area contributed by atoms with Crippen molar-refractivity contribution in [2.24, 2.45) is 0 Å². The number of alkyl halides is 1. The molecule has 0 atom stereocenters. The zero-order chi connectivity index (χ0) is 9.40. The van der Waals surface area contributed by atoms with Gasteiger partial charge in [-0.1, -0.05) is 0 Å². The number of carboxylic acid groups (broad SMARTS) is 1. The fraction of sp³-hybridized carbons (Fsp3) is 0.833. The number of rotatable bonds is 1. The first kappa shape index (κ1) is 11.6. The summed E-state index contributed by atoms with van der Waals surface area (Å²) in [6.45, 7) is 1.16. The normalized spacial score (nSPS) is 17.8. The van der Waals surface area contributed by atoms with Crippen LogP contribution in [0.4, 0.5) is 0 Å². The quantitative estimate of drug-likeness (QED) is 0.564. The predicted molar refractivity (Wildman–Crippen MR) is 41.1 cm³/mol. The van der Waals surface area contributed by atoms with Gasteiger partial charge in [-0.25, -0.2) is 0 Å². The predicted octanol–water partition coefficient (Wildman–Crippen LogP) is -0.339. The van der Waals surface area contributed by atoms with E-state index < -0.39 is 12.1 Å². The van der Waals surface area contributed by atoms with E-state index in [0.717, 1.165) is 0 Å². The first-order valence-electron chi connectivity index (χ1n) is 3.28. The molecule has 1 saturated heterocycles. The van der Waals surface area contributed by atoms with E-state index in [4.69, 9.17) is 31.3 Å². The first-order valence-corrected chi connectivity index (χ1v) is 3.81. The molecule has 0 amide bonds. The third kappa shape index (κ3) is 7.74. The van der Waals surface area contributed by atoms with E-state index in [2.05, 4.69) is 0 Å². The van der Waals surface area contributed by atoms with Crippen LogP contribution in [0.15, 0.2) is 0 Å². The van der Waals surface area contributed by atoms with E-state index in [-0.39, 0.29) is 5.88 Å². The van der Waals surface area contributed by atoms with Crippen molar-refractivity contribution in [1.82, 2.24) is 0 Å². The number of aliphatic hydroxyl groups is 1. The summed E-state index contributed by atoms with van der Waals surface area (Å²) in [4.78, 5) is 9.24. The fourth-order valence-corrected chi connectivity index (χ4v) is 0.475. The SMILES string of the molecule is O=C(O)CCl.OC1COCOC1. The van der Waals surface area contributed by atoms with Crippen LogP contribution in [0.25, 0.3) is 0 Å². The van der Waals surface area contributed by atoms with Gasteiger partial charge in [-0.2, -0.15) is 0 Å². The molecule has 0 aromatic carbocycles. The zero-order valence-corrected chi connectivity index (χ0v) is 7.16. The van der Waals surface area contributed by atoms with Crippen molar-refractivity contribution < 1.29 is 24.5 Å². The molecule has 0 bridgehead atoms. The average molecular weight is 199 g/mol. The number of hydrogen-bond acceptors (Lipinski definition) is 4. The minimum absolute atomic E-state index is 0.306. The maximum Gasteiger partial charge on any atom is 0.318 e. The van der Waals surface area contributed by atoms with Crippen LogP contribution in [0.5, 0.6) is 0 Å². The Labute approximate surface area is 74.8 Å². The fourth-order valence-electron chi connectivity index (χ4n) is 0.475. The van der Waals surface area contributed by atoms with Gasteiger partial charge in [-0.3, -0.25) is 4.79 Å². The molecule has 0 aliphatic carbocycles. The third-order valence-corrected chi connectivity index (χ3v) is 1.13. The molecule has 1 heterocycles. The highest BCUT2D eigenvalue weighted by Crippen LogP contribution is 1.93. The Balaban J connectivity index is 0.000000217. The Morgan fingerprint density at radius 1 is 1.50 bits per heavy atom. The molecule has 1 fully saturated rings. The van der Waals surface area contributed by atoms with Crippen molar-refractivity contribution in [2.75, 3.05) is 25.9 Å². The number of carbonyl (C=O) groups is 1. The van der Waals surface area contributed by atoms with E-state index in [0.29, 0.717) is 20.0 Å². The largest absolute Gasteiger partial charge is 0.480 e. The minimum atomic E-state index is -0.980. The van der Waals surface area contributed by atoms with Crippen LogP contribution in [-0.4, -0.2) is 48.2 Å². The van der Waals surface area contributed by atoms with Crippen LogP contribution in [0.2, 0.25) is 0 Å². The van der Waals surface area contributed by atoms with Crippen LogP contribution < -0.4 is 0 Å². The Morgan fingerprint density at radius 3 is 2.08 bits per heavy atom. The van der Waals surface area contributed by atoms with Crippen molar-refractivity contribution in [1.29, 1.82) is 0 Å². The van der Waals surface area contributed by atoms with Gasteiger partial charge in [0.05, 0.1) is 13.2 Å². The van der Waals surface area contributed by atoms with Crippen molar-refractivity contribution in [3.63, 3.8) is 0 Å². The van der Waals surface area contributed by atoms with Gasteiger partial charge in [0.1, 0.15) is 18.8 Å². The zero-order valence-electron chi connectivity index (χ0n) is 6.40. The molecule has 0 spiro atoms. The lowest BCUT2D eigenvalue weighted by Gasteiger charge is -2.16. The van der Waals surface area contributed by atoms with Crippen LogP contribution in [-0.2, 0) is 14.3 Å². The Bertz CT molecular complexity index is 123. The molecular formula is C6H11ClO5. The maximum atomic E-state index is 9.24. The lowest BCUT2D eigenvalue weighted by Crippen LogP contribution is -2.28. The van der Waals surface area contributed by atoms with Gasteiger partial charge in [0, 0.05) is 0 Å². The second-order valence-corrected chi connectivity index (χ2v) is 2.31. The van der Waals surface area contributed by atoms with Crippen LogP contribution in [0, 0.1) is 0 Å². The molecule has 0 aromatic heterocycles. The highest BCUT2D eigenvalue weighted by atomic mass is 35.5. The lowest BCUT2D eigenvalue weighted by molar-refractivity contribution is -0.150. The standard InChI is InChI=1S/C4H8O3.C2H3ClO2/c5-4-1-6-3-7-2-4;3-1-2(4)5/h4-5H,1-3H2;1H2,(H,4,5). The van der Waals surface area contributed by atoms with E-state index in [9.17, 15) is 4.79 Å². The van der Waals surface area contributed by atoms with Gasteiger partial charge >= 0.3 is 5.97 Å². The molecule has 5 nitrogen and oxygen atoms in total.